The molecule has 0 saturated heterocycles. The fourth-order valence-electron chi connectivity index (χ4n) is 1.58. The van der Waals surface area contributed by atoms with Crippen molar-refractivity contribution < 1.29 is 8.60 Å². The number of nitrogen functional groups attached to an aromatic ring is 1. The highest BCUT2D eigenvalue weighted by Crippen LogP contribution is 2.24. The van der Waals surface area contributed by atoms with Gasteiger partial charge in [-0.2, -0.15) is 0 Å². The first-order valence-electron chi connectivity index (χ1n) is 5.34. The molecule has 0 heterocycles. The average Bonchev–Trinajstić information content (AvgIpc) is 2.32. The molecule has 6 heteroatoms. The highest BCUT2D eigenvalue weighted by Gasteiger charge is 2.12. The molecule has 0 radical (unpaired) electrons. The molecule has 0 fully saturated rings. The number of nitrogens with two attached hydrogens (primary N) is 1. The van der Waals surface area contributed by atoms with Crippen LogP contribution in [0.25, 0.3) is 0 Å². The number of hydrogen-bond donors (Lipinski definition) is 1. The maximum absolute atomic E-state index is 13.6. The van der Waals surface area contributed by atoms with Crippen LogP contribution >= 0.6 is 23.2 Å². The summed E-state index contributed by atoms with van der Waals surface area (Å²) in [6.45, 7) is 0. The van der Waals surface area contributed by atoms with Crippen LogP contribution in [-0.4, -0.2) is 4.21 Å². The van der Waals surface area contributed by atoms with Gasteiger partial charge in [-0.05, 0) is 30.3 Å². The Morgan fingerprint density at radius 1 is 1.11 bits per heavy atom. The average molecular weight is 318 g/mol. The summed E-state index contributed by atoms with van der Waals surface area (Å²) in [6, 6.07) is 8.97. The maximum atomic E-state index is 13.6. The Bertz CT molecular complexity index is 649. The van der Waals surface area contributed by atoms with Crippen LogP contribution in [-0.2, 0) is 16.6 Å². The number of hydrogen-bond acceptors (Lipinski definition) is 2. The molecule has 100 valence electrons. The van der Waals surface area contributed by atoms with Crippen molar-refractivity contribution in [2.24, 2.45) is 0 Å². The van der Waals surface area contributed by atoms with Gasteiger partial charge >= 0.3 is 0 Å². The Morgan fingerprint density at radius 2 is 1.74 bits per heavy atom. The zero-order valence-electron chi connectivity index (χ0n) is 9.70. The zero-order valence-corrected chi connectivity index (χ0v) is 12.0. The molecule has 0 aromatic heterocycles. The molecular formula is C13H10Cl2FNOS. The predicted octanol–water partition coefficient (Wildman–Crippen LogP) is 4.02. The third-order valence-electron chi connectivity index (χ3n) is 2.52. The van der Waals surface area contributed by atoms with Gasteiger partial charge in [0.05, 0.1) is 21.4 Å². The first-order valence-corrected chi connectivity index (χ1v) is 7.42. The molecule has 0 saturated carbocycles. The molecule has 2 rings (SSSR count). The molecule has 0 amide bonds. The highest BCUT2D eigenvalue weighted by molar-refractivity contribution is 7.84. The van der Waals surface area contributed by atoms with Crippen molar-refractivity contribution in [3.05, 3.63) is 57.8 Å². The SMILES string of the molecule is Nc1cc(Cl)ccc1S(=O)Cc1ccc(Cl)cc1F. The van der Waals surface area contributed by atoms with E-state index in [0.29, 0.717) is 26.2 Å². The maximum Gasteiger partial charge on any atom is 0.128 e. The molecule has 1 atom stereocenters. The molecule has 0 aliphatic rings. The van der Waals surface area contributed by atoms with Gasteiger partial charge in [-0.15, -0.1) is 0 Å². The van der Waals surface area contributed by atoms with E-state index in [1.54, 1.807) is 18.2 Å². The number of halogens is 3. The second-order valence-corrected chi connectivity index (χ2v) is 6.20. The lowest BCUT2D eigenvalue weighted by atomic mass is 10.2. The molecule has 0 aliphatic heterocycles. The normalized spacial score (nSPS) is 12.4. The van der Waals surface area contributed by atoms with E-state index in [-0.39, 0.29) is 5.75 Å². The third kappa shape index (κ3) is 3.47. The number of anilines is 1. The van der Waals surface area contributed by atoms with Crippen molar-refractivity contribution in [2.75, 3.05) is 5.73 Å². The van der Waals surface area contributed by atoms with E-state index in [1.807, 2.05) is 0 Å². The van der Waals surface area contributed by atoms with E-state index >= 15 is 0 Å². The summed E-state index contributed by atoms with van der Waals surface area (Å²) >= 11 is 11.4. The van der Waals surface area contributed by atoms with Gasteiger partial charge in [0.1, 0.15) is 5.82 Å². The van der Waals surface area contributed by atoms with Gasteiger partial charge in [0.25, 0.3) is 0 Å². The topological polar surface area (TPSA) is 43.1 Å². The second kappa shape index (κ2) is 5.90. The molecule has 0 bridgehead atoms. The van der Waals surface area contributed by atoms with E-state index < -0.39 is 16.6 Å². The van der Waals surface area contributed by atoms with E-state index in [2.05, 4.69) is 0 Å². The van der Waals surface area contributed by atoms with Crippen molar-refractivity contribution in [3.63, 3.8) is 0 Å². The van der Waals surface area contributed by atoms with Crippen LogP contribution in [0.2, 0.25) is 10.0 Å². The second-order valence-electron chi connectivity index (χ2n) is 3.91. The van der Waals surface area contributed by atoms with E-state index in [0.717, 1.165) is 0 Å². The van der Waals surface area contributed by atoms with Gasteiger partial charge in [-0.1, -0.05) is 29.3 Å². The van der Waals surface area contributed by atoms with Crippen LogP contribution in [0.5, 0.6) is 0 Å². The first kappa shape index (κ1) is 14.3. The molecule has 2 aromatic rings. The minimum atomic E-state index is -1.44. The minimum absolute atomic E-state index is 0.0365. The van der Waals surface area contributed by atoms with Gasteiger partial charge in [0.2, 0.25) is 0 Å². The summed E-state index contributed by atoms with van der Waals surface area (Å²) < 4.78 is 25.8. The zero-order chi connectivity index (χ0) is 14.0. The standard InChI is InChI=1S/C13H10Cl2FNOS/c14-9-2-1-8(11(16)5-9)7-19(18)13-4-3-10(15)6-12(13)17/h1-6H,7,17H2. The molecule has 19 heavy (non-hydrogen) atoms. The molecule has 2 N–H and O–H groups in total. The molecule has 0 spiro atoms. The van der Waals surface area contributed by atoms with Crippen molar-refractivity contribution in [2.45, 2.75) is 10.6 Å². The molecule has 2 aromatic carbocycles. The fourth-order valence-corrected chi connectivity index (χ4v) is 3.14. The minimum Gasteiger partial charge on any atom is -0.398 e. The van der Waals surface area contributed by atoms with E-state index in [4.69, 9.17) is 28.9 Å². The summed E-state index contributed by atoms with van der Waals surface area (Å²) in [5.74, 6) is -0.442. The summed E-state index contributed by atoms with van der Waals surface area (Å²) in [5, 5.41) is 0.772. The van der Waals surface area contributed by atoms with Crippen molar-refractivity contribution in [3.8, 4) is 0 Å². The Kier molecular flexibility index (Phi) is 4.45. The summed E-state index contributed by atoms with van der Waals surface area (Å²) in [7, 11) is -1.44. The van der Waals surface area contributed by atoms with Crippen LogP contribution in [0.4, 0.5) is 10.1 Å². The van der Waals surface area contributed by atoms with Crippen LogP contribution < -0.4 is 5.73 Å². The molecule has 0 aliphatic carbocycles. The predicted molar refractivity (Wildman–Crippen MR) is 77.4 cm³/mol. The Morgan fingerprint density at radius 3 is 2.37 bits per heavy atom. The van der Waals surface area contributed by atoms with Crippen molar-refractivity contribution >= 4 is 39.7 Å². The van der Waals surface area contributed by atoms with Crippen molar-refractivity contribution in [1.82, 2.24) is 0 Å². The van der Waals surface area contributed by atoms with Gasteiger partial charge in [-0.25, -0.2) is 4.39 Å². The lowest BCUT2D eigenvalue weighted by Gasteiger charge is -2.07. The third-order valence-corrected chi connectivity index (χ3v) is 4.42. The molecule has 1 unspecified atom stereocenters. The van der Waals surface area contributed by atoms with E-state index in [1.165, 1.54) is 18.2 Å². The van der Waals surface area contributed by atoms with Crippen LogP contribution in [0.3, 0.4) is 0 Å². The molecule has 2 nitrogen and oxygen atoms in total. The van der Waals surface area contributed by atoms with Crippen LogP contribution in [0.15, 0.2) is 41.3 Å². The Labute approximate surface area is 122 Å². The Hall–Kier alpha value is -1.10. The lowest BCUT2D eigenvalue weighted by molar-refractivity contribution is 0.615. The summed E-state index contributed by atoms with van der Waals surface area (Å²) in [5.41, 5.74) is 6.41. The van der Waals surface area contributed by atoms with Gasteiger partial charge in [0.15, 0.2) is 0 Å². The number of benzene rings is 2. The monoisotopic (exact) mass is 317 g/mol. The smallest absolute Gasteiger partial charge is 0.128 e. The quantitative estimate of drug-likeness (QED) is 0.869. The summed E-state index contributed by atoms with van der Waals surface area (Å²) in [6.07, 6.45) is 0. The summed E-state index contributed by atoms with van der Waals surface area (Å²) in [4.78, 5) is 0.443. The Balaban J connectivity index is 2.25. The van der Waals surface area contributed by atoms with Crippen molar-refractivity contribution in [1.29, 1.82) is 0 Å². The van der Waals surface area contributed by atoms with Gasteiger partial charge < -0.3 is 5.73 Å². The van der Waals surface area contributed by atoms with Gasteiger partial charge in [-0.3, -0.25) is 4.21 Å². The fraction of sp³-hybridized carbons (Fsp3) is 0.0769. The van der Waals surface area contributed by atoms with Crippen LogP contribution in [0.1, 0.15) is 5.56 Å². The van der Waals surface area contributed by atoms with E-state index in [9.17, 15) is 8.60 Å². The molecular weight excluding hydrogens is 308 g/mol. The number of rotatable bonds is 3. The van der Waals surface area contributed by atoms with Gasteiger partial charge in [0, 0.05) is 21.3 Å². The highest BCUT2D eigenvalue weighted by atomic mass is 35.5. The van der Waals surface area contributed by atoms with Crippen LogP contribution in [0, 0.1) is 5.82 Å². The lowest BCUT2D eigenvalue weighted by Crippen LogP contribution is -2.02. The largest absolute Gasteiger partial charge is 0.398 e. The first-order chi connectivity index (χ1) is 8.97.